The van der Waals surface area contributed by atoms with Crippen molar-refractivity contribution in [2.75, 3.05) is 18.5 Å². The predicted molar refractivity (Wildman–Crippen MR) is 95.7 cm³/mol. The smallest absolute Gasteiger partial charge is 0.337 e. The summed E-state index contributed by atoms with van der Waals surface area (Å²) >= 11 is 0. The molecule has 1 aromatic carbocycles. The first-order valence-corrected chi connectivity index (χ1v) is 8.02. The number of hydrogen-bond acceptors (Lipinski definition) is 6. The molecule has 1 heterocycles. The van der Waals surface area contributed by atoms with Crippen molar-refractivity contribution >= 4 is 23.4 Å². The van der Waals surface area contributed by atoms with Crippen LogP contribution in [-0.4, -0.2) is 45.8 Å². The molecule has 0 spiro atoms. The third-order valence-corrected chi connectivity index (χ3v) is 3.53. The summed E-state index contributed by atoms with van der Waals surface area (Å²) in [6.45, 7) is 3.14. The zero-order chi connectivity index (χ0) is 19.2. The number of carbonyl (C=O) groups excluding carboxylic acids is 1. The van der Waals surface area contributed by atoms with E-state index in [1.165, 1.54) is 6.20 Å². The Morgan fingerprint density at radius 1 is 1.23 bits per heavy atom. The fourth-order valence-electron chi connectivity index (χ4n) is 2.05. The number of aromatic nitrogens is 1. The number of carboxylic acid groups (broad SMARTS) is 1. The van der Waals surface area contributed by atoms with Gasteiger partial charge < -0.3 is 25.6 Å². The van der Waals surface area contributed by atoms with Crippen LogP contribution in [0.3, 0.4) is 0 Å². The molecule has 0 aliphatic carbocycles. The van der Waals surface area contributed by atoms with Gasteiger partial charge in [-0.25, -0.2) is 9.78 Å². The number of amides is 1. The summed E-state index contributed by atoms with van der Waals surface area (Å²) in [5.74, 6) is -0.929. The van der Waals surface area contributed by atoms with Crippen LogP contribution in [0.1, 0.15) is 24.2 Å². The van der Waals surface area contributed by atoms with Gasteiger partial charge in [-0.15, -0.1) is 0 Å². The average molecular weight is 359 g/mol. The molecule has 8 heteroatoms. The molecule has 0 saturated carbocycles. The number of hydrogen-bond donors (Lipinski definition) is 4. The van der Waals surface area contributed by atoms with Crippen molar-refractivity contribution in [1.29, 1.82) is 0 Å². The molecule has 4 N–H and O–H groups in total. The maximum Gasteiger partial charge on any atom is 0.337 e. The first kappa shape index (κ1) is 19.2. The van der Waals surface area contributed by atoms with E-state index in [0.717, 1.165) is 12.7 Å². The maximum absolute atomic E-state index is 12.3. The van der Waals surface area contributed by atoms with Gasteiger partial charge >= 0.3 is 5.97 Å². The van der Waals surface area contributed by atoms with Crippen LogP contribution in [0.25, 0.3) is 0 Å². The van der Waals surface area contributed by atoms with Crippen molar-refractivity contribution in [2.45, 2.75) is 19.4 Å². The second-order valence-corrected chi connectivity index (χ2v) is 5.74. The maximum atomic E-state index is 12.3. The molecule has 0 radical (unpaired) electrons. The number of pyridine rings is 1. The minimum absolute atomic E-state index is 0.225. The molecule has 0 aliphatic heterocycles. The van der Waals surface area contributed by atoms with Crippen LogP contribution < -0.4 is 15.4 Å². The molecule has 2 aromatic rings. The summed E-state index contributed by atoms with van der Waals surface area (Å²) in [7, 11) is 0. The topological polar surface area (TPSA) is 121 Å². The molecule has 0 fully saturated rings. The average Bonchev–Trinajstić information content (AvgIpc) is 2.62. The van der Waals surface area contributed by atoms with Gasteiger partial charge in [0, 0.05) is 11.9 Å². The van der Waals surface area contributed by atoms with Gasteiger partial charge in [-0.05, 0) is 50.2 Å². The van der Waals surface area contributed by atoms with Crippen LogP contribution in [0.15, 0.2) is 42.6 Å². The zero-order valence-corrected chi connectivity index (χ0v) is 14.5. The molecule has 0 bridgehead atoms. The van der Waals surface area contributed by atoms with Crippen molar-refractivity contribution in [3.05, 3.63) is 48.2 Å². The van der Waals surface area contributed by atoms with E-state index < -0.39 is 24.0 Å². The standard InChI is InChI=1S/C18H21N3O5/c1-3-26-13-8-6-12(7-9-13)21-15-14(5-4-10-19-15)16(22)20-11-18(2,25)17(23)24/h4-10,25H,3,11H2,1-2H3,(H,19,21)(H,20,22)(H,23,24). The van der Waals surface area contributed by atoms with Crippen LogP contribution in [-0.2, 0) is 4.79 Å². The van der Waals surface area contributed by atoms with E-state index in [1.807, 2.05) is 6.92 Å². The number of ether oxygens (including phenoxy) is 1. The molecule has 2 rings (SSSR count). The monoisotopic (exact) mass is 359 g/mol. The summed E-state index contributed by atoms with van der Waals surface area (Å²) < 4.78 is 5.38. The van der Waals surface area contributed by atoms with Crippen molar-refractivity contribution in [2.24, 2.45) is 0 Å². The Morgan fingerprint density at radius 3 is 2.54 bits per heavy atom. The minimum Gasteiger partial charge on any atom is -0.494 e. The number of aliphatic carboxylic acids is 1. The van der Waals surface area contributed by atoms with Gasteiger partial charge in [0.15, 0.2) is 5.60 Å². The number of carboxylic acids is 1. The van der Waals surface area contributed by atoms with Gasteiger partial charge in [0.1, 0.15) is 11.6 Å². The SMILES string of the molecule is CCOc1ccc(Nc2ncccc2C(=O)NCC(C)(O)C(=O)O)cc1. The Labute approximate surface area is 150 Å². The fourth-order valence-corrected chi connectivity index (χ4v) is 2.05. The molecule has 1 amide bonds. The van der Waals surface area contributed by atoms with E-state index in [0.29, 0.717) is 18.1 Å². The molecule has 1 unspecified atom stereocenters. The Kier molecular flexibility index (Phi) is 6.13. The van der Waals surface area contributed by atoms with Gasteiger partial charge in [-0.1, -0.05) is 0 Å². The fraction of sp³-hybridized carbons (Fsp3) is 0.278. The molecule has 138 valence electrons. The van der Waals surface area contributed by atoms with Crippen LogP contribution in [0.2, 0.25) is 0 Å². The molecule has 26 heavy (non-hydrogen) atoms. The Hall–Kier alpha value is -3.13. The molecule has 0 aliphatic rings. The zero-order valence-electron chi connectivity index (χ0n) is 14.5. The molecule has 0 saturated heterocycles. The van der Waals surface area contributed by atoms with E-state index in [9.17, 15) is 14.7 Å². The first-order chi connectivity index (χ1) is 12.3. The number of aliphatic hydroxyl groups is 1. The second-order valence-electron chi connectivity index (χ2n) is 5.74. The molecule has 1 atom stereocenters. The molecule has 8 nitrogen and oxygen atoms in total. The Morgan fingerprint density at radius 2 is 1.92 bits per heavy atom. The van der Waals surface area contributed by atoms with E-state index in [2.05, 4.69) is 15.6 Å². The lowest BCUT2D eigenvalue weighted by Crippen LogP contribution is -2.46. The number of rotatable bonds is 8. The van der Waals surface area contributed by atoms with Crippen LogP contribution in [0.5, 0.6) is 5.75 Å². The van der Waals surface area contributed by atoms with E-state index in [4.69, 9.17) is 9.84 Å². The van der Waals surface area contributed by atoms with Crippen LogP contribution >= 0.6 is 0 Å². The number of carbonyl (C=O) groups is 2. The summed E-state index contributed by atoms with van der Waals surface area (Å²) in [5.41, 5.74) is -1.12. The van der Waals surface area contributed by atoms with Crippen molar-refractivity contribution in [1.82, 2.24) is 10.3 Å². The second kappa shape index (κ2) is 8.30. The summed E-state index contributed by atoms with van der Waals surface area (Å²) in [4.78, 5) is 27.4. The third kappa shape index (κ3) is 4.93. The summed E-state index contributed by atoms with van der Waals surface area (Å²) in [6.07, 6.45) is 1.53. The number of benzene rings is 1. The minimum atomic E-state index is -2.05. The molecular formula is C18H21N3O5. The van der Waals surface area contributed by atoms with E-state index >= 15 is 0 Å². The number of anilines is 2. The lowest BCUT2D eigenvalue weighted by molar-refractivity contribution is -0.155. The lowest BCUT2D eigenvalue weighted by Gasteiger charge is -2.19. The van der Waals surface area contributed by atoms with Crippen molar-refractivity contribution in [3.8, 4) is 5.75 Å². The predicted octanol–water partition coefficient (Wildman–Crippen LogP) is 1.79. The Bertz CT molecular complexity index is 775. The van der Waals surface area contributed by atoms with Gasteiger partial charge in [0.25, 0.3) is 5.91 Å². The lowest BCUT2D eigenvalue weighted by atomic mass is 10.1. The van der Waals surface area contributed by atoms with Gasteiger partial charge in [-0.3, -0.25) is 4.79 Å². The van der Waals surface area contributed by atoms with Gasteiger partial charge in [0.2, 0.25) is 0 Å². The highest BCUT2D eigenvalue weighted by Crippen LogP contribution is 2.21. The van der Waals surface area contributed by atoms with E-state index in [1.54, 1.807) is 36.4 Å². The van der Waals surface area contributed by atoms with Crippen LogP contribution in [0, 0.1) is 0 Å². The molecule has 1 aromatic heterocycles. The van der Waals surface area contributed by atoms with Gasteiger partial charge in [-0.2, -0.15) is 0 Å². The molecular weight excluding hydrogens is 338 g/mol. The Balaban J connectivity index is 2.11. The highest BCUT2D eigenvalue weighted by Gasteiger charge is 2.30. The summed E-state index contributed by atoms with van der Waals surface area (Å²) in [5, 5.41) is 24.0. The first-order valence-electron chi connectivity index (χ1n) is 8.02. The number of nitrogens with one attached hydrogen (secondary N) is 2. The third-order valence-electron chi connectivity index (χ3n) is 3.53. The van der Waals surface area contributed by atoms with Crippen molar-refractivity contribution in [3.63, 3.8) is 0 Å². The van der Waals surface area contributed by atoms with Crippen molar-refractivity contribution < 1.29 is 24.5 Å². The normalized spacial score (nSPS) is 12.7. The largest absolute Gasteiger partial charge is 0.494 e. The highest BCUT2D eigenvalue weighted by molar-refractivity contribution is 5.99. The summed E-state index contributed by atoms with van der Waals surface area (Å²) in [6, 6.07) is 10.3. The highest BCUT2D eigenvalue weighted by atomic mass is 16.5. The van der Waals surface area contributed by atoms with Gasteiger partial charge in [0.05, 0.1) is 18.7 Å². The van der Waals surface area contributed by atoms with E-state index in [-0.39, 0.29) is 5.56 Å². The van der Waals surface area contributed by atoms with Crippen LogP contribution in [0.4, 0.5) is 11.5 Å². The quantitative estimate of drug-likeness (QED) is 0.567. The number of nitrogens with zero attached hydrogens (tertiary/aromatic N) is 1.